The summed E-state index contributed by atoms with van der Waals surface area (Å²) in [6.07, 6.45) is 0.790. The van der Waals surface area contributed by atoms with Gasteiger partial charge in [-0.3, -0.25) is 10.4 Å². The summed E-state index contributed by atoms with van der Waals surface area (Å²) in [4.78, 5) is 4.23. The lowest BCUT2D eigenvalue weighted by atomic mass is 10.3. The van der Waals surface area contributed by atoms with Crippen molar-refractivity contribution < 1.29 is 13.9 Å². The van der Waals surface area contributed by atoms with Crippen LogP contribution in [0.5, 0.6) is 5.75 Å². The van der Waals surface area contributed by atoms with Crippen molar-refractivity contribution in [2.24, 2.45) is 10.8 Å². The number of aliphatic imine (C=N–C) groups is 1. The SMILES string of the molecule is CCOCCCN=C(NN)Nc1ccc(OCC)c(F)c1. The van der Waals surface area contributed by atoms with Crippen LogP contribution < -0.4 is 21.3 Å². The molecule has 6 nitrogen and oxygen atoms in total. The highest BCUT2D eigenvalue weighted by atomic mass is 19.1. The molecule has 0 spiro atoms. The molecule has 0 aliphatic carbocycles. The second-order valence-electron chi connectivity index (χ2n) is 4.13. The average Bonchev–Trinajstić information content (AvgIpc) is 2.48. The van der Waals surface area contributed by atoms with E-state index in [-0.39, 0.29) is 5.75 Å². The van der Waals surface area contributed by atoms with Crippen LogP contribution in [0, 0.1) is 5.82 Å². The van der Waals surface area contributed by atoms with Gasteiger partial charge in [-0.2, -0.15) is 0 Å². The molecular weight excluding hydrogens is 275 g/mol. The molecule has 0 saturated carbocycles. The van der Waals surface area contributed by atoms with E-state index in [4.69, 9.17) is 15.3 Å². The van der Waals surface area contributed by atoms with E-state index in [1.807, 2.05) is 6.92 Å². The molecule has 118 valence electrons. The summed E-state index contributed by atoms with van der Waals surface area (Å²) in [5.41, 5.74) is 2.98. The molecule has 0 radical (unpaired) electrons. The van der Waals surface area contributed by atoms with Gasteiger partial charge in [0.05, 0.1) is 6.61 Å². The Labute approximate surface area is 124 Å². The third-order valence-corrected chi connectivity index (χ3v) is 2.55. The van der Waals surface area contributed by atoms with E-state index in [0.29, 0.717) is 38.0 Å². The van der Waals surface area contributed by atoms with E-state index < -0.39 is 5.82 Å². The molecular formula is C14H23FN4O2. The molecule has 0 unspecified atom stereocenters. The van der Waals surface area contributed by atoms with Gasteiger partial charge in [0, 0.05) is 31.5 Å². The van der Waals surface area contributed by atoms with Gasteiger partial charge in [0.2, 0.25) is 5.96 Å². The average molecular weight is 298 g/mol. The fraction of sp³-hybridized carbons (Fsp3) is 0.500. The largest absolute Gasteiger partial charge is 0.491 e. The highest BCUT2D eigenvalue weighted by molar-refractivity contribution is 5.93. The van der Waals surface area contributed by atoms with Crippen LogP contribution in [0.25, 0.3) is 0 Å². The quantitative estimate of drug-likeness (QED) is 0.224. The first-order chi connectivity index (χ1) is 10.2. The van der Waals surface area contributed by atoms with E-state index in [2.05, 4.69) is 15.7 Å². The van der Waals surface area contributed by atoms with Crippen LogP contribution in [0.2, 0.25) is 0 Å². The summed E-state index contributed by atoms with van der Waals surface area (Å²) in [5, 5.41) is 2.91. The molecule has 0 aliphatic rings. The normalized spacial score (nSPS) is 11.3. The van der Waals surface area contributed by atoms with Crippen molar-refractivity contribution >= 4 is 11.6 Å². The van der Waals surface area contributed by atoms with Crippen LogP contribution in [0.4, 0.5) is 10.1 Å². The highest BCUT2D eigenvalue weighted by Crippen LogP contribution is 2.20. The molecule has 0 amide bonds. The summed E-state index contributed by atoms with van der Waals surface area (Å²) >= 11 is 0. The fourth-order valence-corrected chi connectivity index (χ4v) is 1.61. The molecule has 4 N–H and O–H groups in total. The van der Waals surface area contributed by atoms with Crippen LogP contribution in [-0.4, -0.2) is 32.3 Å². The first kappa shape index (κ1) is 17.2. The number of guanidine groups is 1. The smallest absolute Gasteiger partial charge is 0.210 e. The fourth-order valence-electron chi connectivity index (χ4n) is 1.61. The van der Waals surface area contributed by atoms with E-state index >= 15 is 0 Å². The van der Waals surface area contributed by atoms with Gasteiger partial charge in [0.15, 0.2) is 11.6 Å². The second kappa shape index (κ2) is 9.95. The summed E-state index contributed by atoms with van der Waals surface area (Å²) in [7, 11) is 0. The topological polar surface area (TPSA) is 80.9 Å². The van der Waals surface area contributed by atoms with Crippen LogP contribution in [0.3, 0.4) is 0 Å². The van der Waals surface area contributed by atoms with Crippen LogP contribution in [-0.2, 0) is 4.74 Å². The number of hydrogen-bond donors (Lipinski definition) is 3. The maximum Gasteiger partial charge on any atom is 0.210 e. The molecule has 7 heteroatoms. The molecule has 0 atom stereocenters. The minimum Gasteiger partial charge on any atom is -0.491 e. The van der Waals surface area contributed by atoms with Crippen molar-refractivity contribution in [3.05, 3.63) is 24.0 Å². The van der Waals surface area contributed by atoms with Gasteiger partial charge in [-0.05, 0) is 32.4 Å². The van der Waals surface area contributed by atoms with E-state index in [1.165, 1.54) is 6.07 Å². The zero-order chi connectivity index (χ0) is 15.5. The minimum absolute atomic E-state index is 0.221. The van der Waals surface area contributed by atoms with Crippen LogP contribution in [0.15, 0.2) is 23.2 Å². The van der Waals surface area contributed by atoms with Crippen molar-refractivity contribution in [3.63, 3.8) is 0 Å². The van der Waals surface area contributed by atoms with E-state index in [9.17, 15) is 4.39 Å². The monoisotopic (exact) mass is 298 g/mol. The Morgan fingerprint density at radius 2 is 2.14 bits per heavy atom. The summed E-state index contributed by atoms with van der Waals surface area (Å²) in [6, 6.07) is 4.59. The Hall–Kier alpha value is -1.86. The standard InChI is InChI=1S/C14H23FN4O2/c1-3-20-9-5-8-17-14(19-16)18-11-6-7-13(21-4-2)12(15)10-11/h6-7,10H,3-5,8-9,16H2,1-2H3,(H2,17,18,19). The Morgan fingerprint density at radius 3 is 2.76 bits per heavy atom. The summed E-state index contributed by atoms with van der Waals surface area (Å²) in [5.74, 6) is 5.54. The molecule has 1 rings (SSSR count). The Bertz CT molecular complexity index is 455. The number of hydrogen-bond acceptors (Lipinski definition) is 4. The molecule has 1 aromatic carbocycles. The highest BCUT2D eigenvalue weighted by Gasteiger charge is 2.05. The molecule has 0 heterocycles. The lowest BCUT2D eigenvalue weighted by Crippen LogP contribution is -2.36. The maximum atomic E-state index is 13.7. The Balaban J connectivity index is 2.56. The Morgan fingerprint density at radius 1 is 1.33 bits per heavy atom. The van der Waals surface area contributed by atoms with E-state index in [0.717, 1.165) is 6.42 Å². The predicted octanol–water partition coefficient (Wildman–Crippen LogP) is 1.88. The molecule has 0 fully saturated rings. The number of rotatable bonds is 8. The maximum absolute atomic E-state index is 13.7. The summed E-state index contributed by atoms with van der Waals surface area (Å²) < 4.78 is 24.1. The molecule has 0 aliphatic heterocycles. The van der Waals surface area contributed by atoms with Gasteiger partial charge in [0.25, 0.3) is 0 Å². The first-order valence-corrected chi connectivity index (χ1v) is 6.99. The summed E-state index contributed by atoms with van der Waals surface area (Å²) in [6.45, 7) is 6.06. The van der Waals surface area contributed by atoms with E-state index in [1.54, 1.807) is 19.1 Å². The van der Waals surface area contributed by atoms with Gasteiger partial charge in [-0.1, -0.05) is 0 Å². The first-order valence-electron chi connectivity index (χ1n) is 6.99. The molecule has 0 bridgehead atoms. The number of halogens is 1. The lowest BCUT2D eigenvalue weighted by Gasteiger charge is -2.11. The molecule has 0 saturated heterocycles. The third kappa shape index (κ3) is 6.42. The predicted molar refractivity (Wildman–Crippen MR) is 81.9 cm³/mol. The zero-order valence-electron chi connectivity index (χ0n) is 12.5. The van der Waals surface area contributed by atoms with Crippen molar-refractivity contribution in [1.29, 1.82) is 0 Å². The molecule has 1 aromatic rings. The Kier molecular flexibility index (Phi) is 8.15. The van der Waals surface area contributed by atoms with Crippen molar-refractivity contribution in [1.82, 2.24) is 5.43 Å². The van der Waals surface area contributed by atoms with Gasteiger partial charge in [-0.15, -0.1) is 0 Å². The third-order valence-electron chi connectivity index (χ3n) is 2.55. The van der Waals surface area contributed by atoms with Crippen LogP contribution >= 0.6 is 0 Å². The minimum atomic E-state index is -0.436. The molecule has 0 aromatic heterocycles. The van der Waals surface area contributed by atoms with Gasteiger partial charge >= 0.3 is 0 Å². The van der Waals surface area contributed by atoms with Crippen molar-refractivity contribution in [2.45, 2.75) is 20.3 Å². The van der Waals surface area contributed by atoms with Gasteiger partial charge < -0.3 is 14.8 Å². The van der Waals surface area contributed by atoms with Gasteiger partial charge in [-0.25, -0.2) is 10.2 Å². The number of nitrogens with two attached hydrogens (primary N) is 1. The van der Waals surface area contributed by atoms with Gasteiger partial charge in [0.1, 0.15) is 0 Å². The van der Waals surface area contributed by atoms with Crippen molar-refractivity contribution in [2.75, 3.05) is 31.7 Å². The lowest BCUT2D eigenvalue weighted by molar-refractivity contribution is 0.146. The number of hydrazine groups is 1. The number of nitrogens with one attached hydrogen (secondary N) is 2. The van der Waals surface area contributed by atoms with Crippen LogP contribution in [0.1, 0.15) is 20.3 Å². The number of nitrogens with zero attached hydrogens (tertiary/aromatic N) is 1. The number of ether oxygens (including phenoxy) is 2. The zero-order valence-corrected chi connectivity index (χ0v) is 12.5. The molecule has 21 heavy (non-hydrogen) atoms. The second-order valence-corrected chi connectivity index (χ2v) is 4.13. The van der Waals surface area contributed by atoms with Crippen molar-refractivity contribution in [3.8, 4) is 5.75 Å². The number of anilines is 1. The number of benzene rings is 1.